The number of carboxylic acid groups (broad SMARTS) is 1. The Morgan fingerprint density at radius 2 is 2.22 bits per heavy atom. The van der Waals surface area contributed by atoms with Gasteiger partial charge in [-0.15, -0.1) is 5.10 Å². The highest BCUT2D eigenvalue weighted by molar-refractivity contribution is 8.15. The number of anilines is 1. The Balaban J connectivity index is 2.04. The summed E-state index contributed by atoms with van der Waals surface area (Å²) in [5, 5.41) is 18.8. The van der Waals surface area contributed by atoms with Crippen LogP contribution in [0.1, 0.15) is 17.5 Å². The lowest BCUT2D eigenvalue weighted by Crippen LogP contribution is -2.26. The molecule has 2 N–H and O–H groups in total. The second-order valence-corrected chi connectivity index (χ2v) is 6.47. The van der Waals surface area contributed by atoms with Gasteiger partial charge in [0.2, 0.25) is 5.91 Å². The first kappa shape index (κ1) is 17.0. The standard InChI is InChI=1S/C15H18N4O3S/c1-9-6-11(19(2)3)5-4-10(9)8-16-18-15-17-14(22)12(23-15)7-13(20)21/h4-6,8,12H,7H2,1-3H3,(H,20,21)(H,17,18,22). The molecule has 1 unspecified atom stereocenters. The van der Waals surface area contributed by atoms with Gasteiger partial charge in [0.1, 0.15) is 5.25 Å². The van der Waals surface area contributed by atoms with Gasteiger partial charge in [0.15, 0.2) is 5.17 Å². The highest BCUT2D eigenvalue weighted by atomic mass is 32.2. The molecule has 0 aliphatic carbocycles. The van der Waals surface area contributed by atoms with Crippen molar-refractivity contribution in [1.82, 2.24) is 5.32 Å². The normalized spacial score (nSPS) is 19.3. The summed E-state index contributed by atoms with van der Waals surface area (Å²) in [5.41, 5.74) is 3.09. The largest absolute Gasteiger partial charge is 0.481 e. The van der Waals surface area contributed by atoms with E-state index in [1.165, 1.54) is 0 Å². The van der Waals surface area contributed by atoms with Crippen molar-refractivity contribution in [3.63, 3.8) is 0 Å². The van der Waals surface area contributed by atoms with Crippen LogP contribution in [0.25, 0.3) is 0 Å². The van der Waals surface area contributed by atoms with Crippen LogP contribution in [0.5, 0.6) is 0 Å². The quantitative estimate of drug-likeness (QED) is 0.628. The number of aryl methyl sites for hydroxylation is 1. The molecular formula is C15H18N4O3S. The Morgan fingerprint density at radius 1 is 1.48 bits per heavy atom. The number of amidine groups is 1. The predicted octanol–water partition coefficient (Wildman–Crippen LogP) is 1.46. The number of hydrogen-bond donors (Lipinski definition) is 2. The molecule has 23 heavy (non-hydrogen) atoms. The number of carboxylic acids is 1. The number of benzene rings is 1. The number of hydrogen-bond acceptors (Lipinski definition) is 6. The van der Waals surface area contributed by atoms with Crippen LogP contribution in [0.2, 0.25) is 0 Å². The number of aliphatic carboxylic acids is 1. The molecule has 1 amide bonds. The summed E-state index contributed by atoms with van der Waals surface area (Å²) in [6.07, 6.45) is 1.38. The van der Waals surface area contributed by atoms with E-state index in [0.29, 0.717) is 5.17 Å². The molecule has 1 fully saturated rings. The van der Waals surface area contributed by atoms with Crippen molar-refractivity contribution < 1.29 is 14.7 Å². The van der Waals surface area contributed by atoms with Crippen molar-refractivity contribution in [2.24, 2.45) is 10.2 Å². The van der Waals surface area contributed by atoms with Gasteiger partial charge in [0, 0.05) is 19.8 Å². The smallest absolute Gasteiger partial charge is 0.305 e. The van der Waals surface area contributed by atoms with Crippen molar-refractivity contribution in [2.75, 3.05) is 19.0 Å². The van der Waals surface area contributed by atoms with E-state index in [1.54, 1.807) is 6.21 Å². The van der Waals surface area contributed by atoms with E-state index >= 15 is 0 Å². The van der Waals surface area contributed by atoms with Crippen LogP contribution in [0, 0.1) is 6.92 Å². The molecule has 7 nitrogen and oxygen atoms in total. The van der Waals surface area contributed by atoms with Crippen molar-refractivity contribution in [3.8, 4) is 0 Å². The maximum atomic E-state index is 11.6. The Bertz CT molecular complexity index is 685. The molecule has 0 aromatic heterocycles. The summed E-state index contributed by atoms with van der Waals surface area (Å²) in [6.45, 7) is 1.98. The number of amides is 1. The van der Waals surface area contributed by atoms with Gasteiger partial charge >= 0.3 is 5.97 Å². The minimum absolute atomic E-state index is 0.232. The van der Waals surface area contributed by atoms with Gasteiger partial charge < -0.3 is 15.3 Å². The average molecular weight is 334 g/mol. The summed E-state index contributed by atoms with van der Waals surface area (Å²) in [5.74, 6) is -1.36. The van der Waals surface area contributed by atoms with Gasteiger partial charge in [0.05, 0.1) is 12.6 Å². The van der Waals surface area contributed by atoms with Crippen LogP contribution in [-0.2, 0) is 9.59 Å². The molecule has 2 rings (SSSR count). The second kappa shape index (κ2) is 7.28. The zero-order chi connectivity index (χ0) is 17.0. The third-order valence-electron chi connectivity index (χ3n) is 3.25. The summed E-state index contributed by atoms with van der Waals surface area (Å²) in [7, 11) is 3.95. The molecule has 1 saturated heterocycles. The Kier molecular flexibility index (Phi) is 5.38. The molecule has 0 spiro atoms. The van der Waals surface area contributed by atoms with Crippen molar-refractivity contribution in [2.45, 2.75) is 18.6 Å². The van der Waals surface area contributed by atoms with Crippen molar-refractivity contribution >= 4 is 40.7 Å². The topological polar surface area (TPSA) is 94.4 Å². The third-order valence-corrected chi connectivity index (χ3v) is 4.32. The zero-order valence-corrected chi connectivity index (χ0v) is 13.9. The number of nitrogens with zero attached hydrogens (tertiary/aromatic N) is 3. The predicted molar refractivity (Wildman–Crippen MR) is 92.3 cm³/mol. The molecule has 0 radical (unpaired) electrons. The second-order valence-electron chi connectivity index (χ2n) is 5.28. The fraction of sp³-hybridized carbons (Fsp3) is 0.333. The molecule has 8 heteroatoms. The Labute approximate surface area is 138 Å². The monoisotopic (exact) mass is 334 g/mol. The van der Waals surface area contributed by atoms with E-state index in [4.69, 9.17) is 5.11 Å². The summed E-state index contributed by atoms with van der Waals surface area (Å²) in [6, 6.07) is 5.97. The molecule has 0 bridgehead atoms. The summed E-state index contributed by atoms with van der Waals surface area (Å²) in [4.78, 5) is 24.2. The molecule has 1 aliphatic rings. The zero-order valence-electron chi connectivity index (χ0n) is 13.1. The van der Waals surface area contributed by atoms with Gasteiger partial charge in [-0.05, 0) is 30.2 Å². The molecule has 1 heterocycles. The lowest BCUT2D eigenvalue weighted by molar-refractivity contribution is -0.138. The highest BCUT2D eigenvalue weighted by Crippen LogP contribution is 2.22. The number of nitrogens with one attached hydrogen (secondary N) is 1. The van der Waals surface area contributed by atoms with Crippen LogP contribution in [0.4, 0.5) is 5.69 Å². The van der Waals surface area contributed by atoms with Crippen LogP contribution in [0.3, 0.4) is 0 Å². The third kappa shape index (κ3) is 4.56. The lowest BCUT2D eigenvalue weighted by atomic mass is 10.1. The van der Waals surface area contributed by atoms with Crippen LogP contribution in [-0.4, -0.2) is 47.7 Å². The van der Waals surface area contributed by atoms with E-state index in [9.17, 15) is 9.59 Å². The first-order chi connectivity index (χ1) is 10.9. The van der Waals surface area contributed by atoms with Gasteiger partial charge in [-0.1, -0.05) is 17.8 Å². The maximum absolute atomic E-state index is 11.6. The number of carbonyl (C=O) groups excluding carboxylic acids is 1. The van der Waals surface area contributed by atoms with Crippen molar-refractivity contribution in [1.29, 1.82) is 0 Å². The lowest BCUT2D eigenvalue weighted by Gasteiger charge is -2.13. The van der Waals surface area contributed by atoms with E-state index in [1.807, 2.05) is 44.1 Å². The molecule has 1 atom stereocenters. The Hall–Kier alpha value is -2.35. The highest BCUT2D eigenvalue weighted by Gasteiger charge is 2.32. The van der Waals surface area contributed by atoms with E-state index in [2.05, 4.69) is 15.5 Å². The minimum atomic E-state index is -1.01. The first-order valence-electron chi connectivity index (χ1n) is 6.95. The number of rotatable bonds is 5. The molecule has 122 valence electrons. The first-order valence-corrected chi connectivity index (χ1v) is 7.83. The maximum Gasteiger partial charge on any atom is 0.305 e. The van der Waals surface area contributed by atoms with Crippen LogP contribution in [0.15, 0.2) is 28.4 Å². The molecular weight excluding hydrogens is 316 g/mol. The number of carbonyl (C=O) groups is 2. The van der Waals surface area contributed by atoms with Crippen molar-refractivity contribution in [3.05, 3.63) is 29.3 Å². The van der Waals surface area contributed by atoms with E-state index in [-0.39, 0.29) is 12.3 Å². The fourth-order valence-electron chi connectivity index (χ4n) is 1.97. The van der Waals surface area contributed by atoms with Gasteiger partial charge in [-0.3, -0.25) is 9.59 Å². The molecule has 1 aliphatic heterocycles. The SMILES string of the molecule is Cc1cc(N(C)C)ccc1C=NN=C1NC(=O)C(CC(=O)O)S1. The number of thioether (sulfide) groups is 1. The summed E-state index contributed by atoms with van der Waals surface area (Å²) >= 11 is 1.08. The van der Waals surface area contributed by atoms with Gasteiger partial charge in [-0.25, -0.2) is 0 Å². The minimum Gasteiger partial charge on any atom is -0.481 e. The average Bonchev–Trinajstić information content (AvgIpc) is 2.80. The fourth-order valence-corrected chi connectivity index (χ4v) is 2.89. The molecule has 1 aromatic rings. The molecule has 0 saturated carbocycles. The molecule has 1 aromatic carbocycles. The van der Waals surface area contributed by atoms with E-state index < -0.39 is 11.2 Å². The van der Waals surface area contributed by atoms with Gasteiger partial charge in [-0.2, -0.15) is 5.10 Å². The van der Waals surface area contributed by atoms with E-state index in [0.717, 1.165) is 28.6 Å². The van der Waals surface area contributed by atoms with Crippen LogP contribution >= 0.6 is 11.8 Å². The van der Waals surface area contributed by atoms with Crippen LogP contribution < -0.4 is 10.2 Å². The van der Waals surface area contributed by atoms with Gasteiger partial charge in [0.25, 0.3) is 0 Å². The summed E-state index contributed by atoms with van der Waals surface area (Å²) < 4.78 is 0. The Morgan fingerprint density at radius 3 is 2.83 bits per heavy atom.